The zero-order valence-corrected chi connectivity index (χ0v) is 11.9. The van der Waals surface area contributed by atoms with Crippen molar-refractivity contribution in [2.75, 3.05) is 19.8 Å². The lowest BCUT2D eigenvalue weighted by Gasteiger charge is -2.23. The number of carboxylic acids is 1. The van der Waals surface area contributed by atoms with Gasteiger partial charge in [-0.3, -0.25) is 9.59 Å². The standard InChI is InChI=1S/C15H23NO4/c1-2-3-7-20-8-6-16-14(17)12-10-4-5-11(9-10)13(12)15(18)19/h4-5,10-13H,2-3,6-9H2,1H3,(H,16,17)(H,18,19). The maximum absolute atomic E-state index is 12.2. The van der Waals surface area contributed by atoms with Gasteiger partial charge in [0.25, 0.3) is 0 Å². The van der Waals surface area contributed by atoms with E-state index in [2.05, 4.69) is 12.2 Å². The first-order valence-corrected chi connectivity index (χ1v) is 7.41. The average molecular weight is 281 g/mol. The van der Waals surface area contributed by atoms with Gasteiger partial charge in [-0.15, -0.1) is 0 Å². The molecule has 4 unspecified atom stereocenters. The lowest BCUT2D eigenvalue weighted by molar-refractivity contribution is -0.147. The largest absolute Gasteiger partial charge is 0.481 e. The molecule has 1 fully saturated rings. The van der Waals surface area contributed by atoms with Crippen LogP contribution in [0.5, 0.6) is 0 Å². The molecule has 0 saturated heterocycles. The van der Waals surface area contributed by atoms with Gasteiger partial charge in [0.15, 0.2) is 0 Å². The second-order valence-corrected chi connectivity index (χ2v) is 5.60. The number of hydrogen-bond acceptors (Lipinski definition) is 3. The normalized spacial score (nSPS) is 30.6. The Hall–Kier alpha value is -1.36. The van der Waals surface area contributed by atoms with Crippen molar-refractivity contribution in [2.24, 2.45) is 23.7 Å². The van der Waals surface area contributed by atoms with Crippen LogP contribution in [0.3, 0.4) is 0 Å². The number of carbonyl (C=O) groups excluding carboxylic acids is 1. The van der Waals surface area contributed by atoms with Crippen molar-refractivity contribution in [3.8, 4) is 0 Å². The molecule has 2 aliphatic carbocycles. The molecule has 0 aliphatic heterocycles. The van der Waals surface area contributed by atoms with Crippen molar-refractivity contribution >= 4 is 11.9 Å². The fraction of sp³-hybridized carbons (Fsp3) is 0.733. The molecular formula is C15H23NO4. The van der Waals surface area contributed by atoms with E-state index in [4.69, 9.17) is 4.74 Å². The topological polar surface area (TPSA) is 75.6 Å². The van der Waals surface area contributed by atoms with E-state index in [-0.39, 0.29) is 17.7 Å². The molecule has 0 aromatic carbocycles. The summed E-state index contributed by atoms with van der Waals surface area (Å²) in [6.07, 6.45) is 6.84. The van der Waals surface area contributed by atoms with E-state index in [9.17, 15) is 14.7 Å². The molecule has 2 bridgehead atoms. The van der Waals surface area contributed by atoms with E-state index in [1.807, 2.05) is 12.2 Å². The molecule has 4 atom stereocenters. The van der Waals surface area contributed by atoms with Crippen LogP contribution in [0.2, 0.25) is 0 Å². The monoisotopic (exact) mass is 281 g/mol. The van der Waals surface area contributed by atoms with Gasteiger partial charge in [-0.1, -0.05) is 25.5 Å². The van der Waals surface area contributed by atoms with Crippen LogP contribution in [0.1, 0.15) is 26.2 Å². The Morgan fingerprint density at radius 1 is 1.25 bits per heavy atom. The molecule has 0 aromatic rings. The summed E-state index contributed by atoms with van der Waals surface area (Å²) in [5.41, 5.74) is 0. The second kappa shape index (κ2) is 6.88. The van der Waals surface area contributed by atoms with Gasteiger partial charge in [0.1, 0.15) is 0 Å². The van der Waals surface area contributed by atoms with Crippen LogP contribution in [0, 0.1) is 23.7 Å². The van der Waals surface area contributed by atoms with Gasteiger partial charge in [-0.05, 0) is 24.7 Å². The number of nitrogens with one attached hydrogen (secondary N) is 1. The van der Waals surface area contributed by atoms with Crippen molar-refractivity contribution in [1.29, 1.82) is 0 Å². The van der Waals surface area contributed by atoms with Crippen LogP contribution in [0.15, 0.2) is 12.2 Å². The number of hydrogen-bond donors (Lipinski definition) is 2. The van der Waals surface area contributed by atoms with E-state index in [1.165, 1.54) is 0 Å². The molecular weight excluding hydrogens is 258 g/mol. The van der Waals surface area contributed by atoms with E-state index < -0.39 is 17.8 Å². The molecule has 2 aliphatic rings. The molecule has 0 heterocycles. The molecule has 5 nitrogen and oxygen atoms in total. The molecule has 2 rings (SSSR count). The second-order valence-electron chi connectivity index (χ2n) is 5.60. The number of carboxylic acid groups (broad SMARTS) is 1. The molecule has 0 aromatic heterocycles. The minimum atomic E-state index is -0.860. The number of ether oxygens (including phenoxy) is 1. The Balaban J connectivity index is 1.77. The quantitative estimate of drug-likeness (QED) is 0.521. The van der Waals surface area contributed by atoms with Gasteiger partial charge in [-0.2, -0.15) is 0 Å². The van der Waals surface area contributed by atoms with Gasteiger partial charge in [0, 0.05) is 13.2 Å². The van der Waals surface area contributed by atoms with E-state index in [0.29, 0.717) is 19.8 Å². The van der Waals surface area contributed by atoms with E-state index in [0.717, 1.165) is 19.3 Å². The zero-order chi connectivity index (χ0) is 14.5. The minimum Gasteiger partial charge on any atom is -0.481 e. The molecule has 1 amide bonds. The third-order valence-corrected chi connectivity index (χ3v) is 4.24. The molecule has 5 heteroatoms. The summed E-state index contributed by atoms with van der Waals surface area (Å²) >= 11 is 0. The fourth-order valence-corrected chi connectivity index (χ4v) is 3.23. The highest BCUT2D eigenvalue weighted by Crippen LogP contribution is 2.48. The summed E-state index contributed by atoms with van der Waals surface area (Å²) < 4.78 is 5.38. The summed E-state index contributed by atoms with van der Waals surface area (Å²) in [6, 6.07) is 0. The number of amides is 1. The van der Waals surface area contributed by atoms with Crippen molar-refractivity contribution in [2.45, 2.75) is 26.2 Å². The number of aliphatic carboxylic acids is 1. The highest BCUT2D eigenvalue weighted by Gasteiger charge is 2.51. The zero-order valence-electron chi connectivity index (χ0n) is 11.9. The van der Waals surface area contributed by atoms with Crippen LogP contribution >= 0.6 is 0 Å². The number of fused-ring (bicyclic) bond motifs is 2. The summed E-state index contributed by atoms with van der Waals surface area (Å²) in [5.74, 6) is -1.88. The number of allylic oxidation sites excluding steroid dienone is 2. The van der Waals surface area contributed by atoms with Crippen LogP contribution < -0.4 is 5.32 Å². The van der Waals surface area contributed by atoms with E-state index in [1.54, 1.807) is 0 Å². The summed E-state index contributed by atoms with van der Waals surface area (Å²) in [5, 5.41) is 12.1. The molecule has 0 spiro atoms. The van der Waals surface area contributed by atoms with Crippen molar-refractivity contribution in [1.82, 2.24) is 5.32 Å². The van der Waals surface area contributed by atoms with Gasteiger partial charge in [-0.25, -0.2) is 0 Å². The highest BCUT2D eigenvalue weighted by atomic mass is 16.5. The Morgan fingerprint density at radius 3 is 2.60 bits per heavy atom. The van der Waals surface area contributed by atoms with E-state index >= 15 is 0 Å². The Bertz CT molecular complexity index is 393. The molecule has 20 heavy (non-hydrogen) atoms. The van der Waals surface area contributed by atoms with Crippen molar-refractivity contribution in [3.05, 3.63) is 12.2 Å². The minimum absolute atomic E-state index is 0.0223. The van der Waals surface area contributed by atoms with Crippen LogP contribution in [0.4, 0.5) is 0 Å². The predicted octanol–water partition coefficient (Wildman–Crippen LogP) is 1.44. The third kappa shape index (κ3) is 3.20. The Morgan fingerprint density at radius 2 is 1.95 bits per heavy atom. The average Bonchev–Trinajstić information content (AvgIpc) is 3.02. The smallest absolute Gasteiger partial charge is 0.307 e. The van der Waals surface area contributed by atoms with Gasteiger partial charge in [0.2, 0.25) is 5.91 Å². The van der Waals surface area contributed by atoms with Crippen LogP contribution in [-0.2, 0) is 14.3 Å². The first-order valence-electron chi connectivity index (χ1n) is 7.41. The molecule has 112 valence electrons. The predicted molar refractivity (Wildman–Crippen MR) is 74.1 cm³/mol. The highest BCUT2D eigenvalue weighted by molar-refractivity contribution is 5.86. The van der Waals surface area contributed by atoms with Crippen LogP contribution in [-0.4, -0.2) is 36.7 Å². The lowest BCUT2D eigenvalue weighted by Crippen LogP contribution is -2.41. The molecule has 0 radical (unpaired) electrons. The number of carbonyl (C=O) groups is 2. The SMILES string of the molecule is CCCCOCCNC(=O)C1C2C=CC(C2)C1C(=O)O. The first kappa shape index (κ1) is 15.0. The first-order chi connectivity index (χ1) is 9.65. The van der Waals surface area contributed by atoms with Crippen molar-refractivity contribution < 1.29 is 19.4 Å². The summed E-state index contributed by atoms with van der Waals surface area (Å²) in [6.45, 7) is 3.74. The maximum atomic E-state index is 12.2. The molecule has 2 N–H and O–H groups in total. The lowest BCUT2D eigenvalue weighted by atomic mass is 9.82. The number of unbranched alkanes of at least 4 members (excludes halogenated alkanes) is 1. The van der Waals surface area contributed by atoms with Crippen LogP contribution in [0.25, 0.3) is 0 Å². The number of rotatable bonds is 8. The molecule has 1 saturated carbocycles. The van der Waals surface area contributed by atoms with Gasteiger partial charge < -0.3 is 15.2 Å². The maximum Gasteiger partial charge on any atom is 0.307 e. The Labute approximate surface area is 119 Å². The fourth-order valence-electron chi connectivity index (χ4n) is 3.23. The van der Waals surface area contributed by atoms with Gasteiger partial charge >= 0.3 is 5.97 Å². The summed E-state index contributed by atoms with van der Waals surface area (Å²) in [4.78, 5) is 23.5. The Kier molecular flexibility index (Phi) is 5.17. The third-order valence-electron chi connectivity index (χ3n) is 4.24. The van der Waals surface area contributed by atoms with Crippen molar-refractivity contribution in [3.63, 3.8) is 0 Å². The summed E-state index contributed by atoms with van der Waals surface area (Å²) in [7, 11) is 0. The van der Waals surface area contributed by atoms with Gasteiger partial charge in [0.05, 0.1) is 18.4 Å².